The molecule has 0 unspecified atom stereocenters. The summed E-state index contributed by atoms with van der Waals surface area (Å²) in [5.74, 6) is -1.68. The molecule has 0 spiro atoms. The number of carboxylic acid groups (broad SMARTS) is 1. The second-order valence-corrected chi connectivity index (χ2v) is 8.37. The lowest BCUT2D eigenvalue weighted by Gasteiger charge is -2.27. The van der Waals surface area contributed by atoms with Crippen molar-refractivity contribution in [2.75, 3.05) is 19.6 Å². The maximum atomic E-state index is 12.8. The first kappa shape index (κ1) is 24.5. The Morgan fingerprint density at radius 1 is 1.15 bits per heavy atom. The minimum atomic E-state index is -1.15. The second kappa shape index (κ2) is 12.2. The van der Waals surface area contributed by atoms with Gasteiger partial charge in [-0.15, -0.1) is 0 Å². The van der Waals surface area contributed by atoms with E-state index in [9.17, 15) is 24.3 Å². The Morgan fingerprint density at radius 2 is 1.94 bits per heavy atom. The molecular weight excluding hydrogens is 428 g/mol. The van der Waals surface area contributed by atoms with E-state index < -0.39 is 30.1 Å². The first-order chi connectivity index (χ1) is 16.0. The molecule has 1 aromatic carbocycles. The molecule has 180 valence electrons. The molecule has 3 amide bonds. The molecule has 33 heavy (non-hydrogen) atoms. The number of carbonyl (C=O) groups is 4. The molecule has 2 fully saturated rings. The lowest BCUT2D eigenvalue weighted by atomic mass is 10.1. The highest BCUT2D eigenvalue weighted by molar-refractivity contribution is 5.92. The van der Waals surface area contributed by atoms with Crippen LogP contribution in [0.4, 0.5) is 4.79 Å². The van der Waals surface area contributed by atoms with Crippen LogP contribution in [0, 0.1) is 0 Å². The molecule has 10 nitrogen and oxygen atoms in total. The molecule has 2 aliphatic rings. The van der Waals surface area contributed by atoms with Crippen molar-refractivity contribution in [1.29, 1.82) is 0 Å². The number of aliphatic carboxylic acids is 1. The van der Waals surface area contributed by atoms with E-state index in [-0.39, 0.29) is 31.5 Å². The van der Waals surface area contributed by atoms with Crippen molar-refractivity contribution in [3.8, 4) is 0 Å². The van der Waals surface area contributed by atoms with Gasteiger partial charge in [-0.2, -0.15) is 0 Å². The molecule has 10 heteroatoms. The normalized spacial score (nSPS) is 20.8. The van der Waals surface area contributed by atoms with Crippen molar-refractivity contribution in [3.05, 3.63) is 35.9 Å². The predicted octanol–water partition coefficient (Wildman–Crippen LogP) is 1.01. The number of ether oxygens (including phenoxy) is 1. The van der Waals surface area contributed by atoms with Crippen LogP contribution in [0.3, 0.4) is 0 Å². The third kappa shape index (κ3) is 7.18. The second-order valence-electron chi connectivity index (χ2n) is 8.37. The number of hydrogen-bond acceptors (Lipinski definition) is 6. The third-order valence-corrected chi connectivity index (χ3v) is 5.96. The minimum absolute atomic E-state index is 0.0877. The van der Waals surface area contributed by atoms with Gasteiger partial charge in [0.25, 0.3) is 0 Å². The summed E-state index contributed by atoms with van der Waals surface area (Å²) in [4.78, 5) is 50.5. The van der Waals surface area contributed by atoms with Crippen LogP contribution in [0.2, 0.25) is 0 Å². The van der Waals surface area contributed by atoms with Crippen LogP contribution in [0.15, 0.2) is 30.3 Å². The van der Waals surface area contributed by atoms with Crippen molar-refractivity contribution in [2.45, 2.75) is 63.3 Å². The van der Waals surface area contributed by atoms with Crippen LogP contribution in [-0.2, 0) is 25.7 Å². The molecule has 2 saturated heterocycles. The largest absolute Gasteiger partial charge is 0.480 e. The zero-order chi connectivity index (χ0) is 23.6. The molecule has 1 aromatic rings. The van der Waals surface area contributed by atoms with Crippen molar-refractivity contribution in [1.82, 2.24) is 20.9 Å². The number of benzene rings is 1. The quantitative estimate of drug-likeness (QED) is 0.382. The van der Waals surface area contributed by atoms with Crippen LogP contribution >= 0.6 is 0 Å². The Hall–Kier alpha value is -3.14. The number of rotatable bonds is 10. The molecule has 0 aromatic heterocycles. The topological polar surface area (TPSA) is 137 Å². The van der Waals surface area contributed by atoms with Crippen LogP contribution in [0.25, 0.3) is 0 Å². The summed E-state index contributed by atoms with van der Waals surface area (Å²) >= 11 is 0. The molecule has 3 rings (SSSR count). The summed E-state index contributed by atoms with van der Waals surface area (Å²) in [6.45, 7) is 1.65. The van der Waals surface area contributed by atoms with E-state index in [1.54, 1.807) is 4.90 Å². The Balaban J connectivity index is 1.40. The SMILES string of the molecule is O=C(NCCC[C@H](NC(=O)[C@@H]1CCCN1C(=O)[C@@H]1CCCN1)C(=O)O)OCc1ccccc1. The van der Waals surface area contributed by atoms with Crippen LogP contribution < -0.4 is 16.0 Å². The summed E-state index contributed by atoms with van der Waals surface area (Å²) in [7, 11) is 0. The number of likely N-dealkylation sites (tertiary alicyclic amines) is 1. The highest BCUT2D eigenvalue weighted by Crippen LogP contribution is 2.21. The van der Waals surface area contributed by atoms with Gasteiger partial charge in [0.15, 0.2) is 0 Å². The van der Waals surface area contributed by atoms with Crippen LogP contribution in [0.1, 0.15) is 44.1 Å². The number of carbonyl (C=O) groups excluding carboxylic acids is 3. The fraction of sp³-hybridized carbons (Fsp3) is 0.565. The van der Waals surface area contributed by atoms with E-state index in [1.165, 1.54) is 0 Å². The Morgan fingerprint density at radius 3 is 2.64 bits per heavy atom. The number of nitrogens with one attached hydrogen (secondary N) is 3. The Bertz CT molecular complexity index is 828. The van der Waals surface area contributed by atoms with Gasteiger partial charge in [-0.3, -0.25) is 9.59 Å². The van der Waals surface area contributed by atoms with Gasteiger partial charge in [-0.05, 0) is 50.6 Å². The van der Waals surface area contributed by atoms with Crippen LogP contribution in [-0.4, -0.2) is 71.6 Å². The summed E-state index contributed by atoms with van der Waals surface area (Å²) in [5, 5.41) is 17.8. The smallest absolute Gasteiger partial charge is 0.407 e. The fourth-order valence-electron chi connectivity index (χ4n) is 4.19. The first-order valence-electron chi connectivity index (χ1n) is 11.5. The number of alkyl carbamates (subject to hydrolysis) is 1. The molecule has 4 N–H and O–H groups in total. The molecule has 3 atom stereocenters. The van der Waals surface area contributed by atoms with Crippen molar-refractivity contribution < 1.29 is 29.0 Å². The first-order valence-corrected chi connectivity index (χ1v) is 11.5. The summed E-state index contributed by atoms with van der Waals surface area (Å²) in [5.41, 5.74) is 0.865. The van der Waals surface area contributed by atoms with Gasteiger partial charge in [0.05, 0.1) is 6.04 Å². The molecule has 2 heterocycles. The summed E-state index contributed by atoms with van der Waals surface area (Å²) in [6.07, 6.45) is 2.81. The molecule has 2 aliphatic heterocycles. The highest BCUT2D eigenvalue weighted by atomic mass is 16.5. The van der Waals surface area contributed by atoms with Gasteiger partial charge in [-0.1, -0.05) is 30.3 Å². The van der Waals surface area contributed by atoms with E-state index in [0.29, 0.717) is 25.8 Å². The lowest BCUT2D eigenvalue weighted by molar-refractivity contribution is -0.144. The number of nitrogens with zero attached hydrogens (tertiary/aromatic N) is 1. The molecule has 0 bridgehead atoms. The molecule has 0 aliphatic carbocycles. The minimum Gasteiger partial charge on any atom is -0.480 e. The molecular formula is C23H32N4O6. The Labute approximate surface area is 193 Å². The van der Waals surface area contributed by atoms with Gasteiger partial charge in [0, 0.05) is 13.1 Å². The standard InChI is InChI=1S/C23H32N4O6/c28-20(19-11-6-14-27(19)21(29)17-9-4-12-24-17)26-18(22(30)31)10-5-13-25-23(32)33-15-16-7-2-1-3-8-16/h1-3,7-8,17-19,24H,4-6,9-15H2,(H,25,32)(H,26,28)(H,30,31)/t17-,18-,19-/m0/s1. The average Bonchev–Trinajstić information content (AvgIpc) is 3.52. The summed E-state index contributed by atoms with van der Waals surface area (Å²) < 4.78 is 5.11. The molecule has 0 radical (unpaired) electrons. The summed E-state index contributed by atoms with van der Waals surface area (Å²) in [6, 6.07) is 7.26. The average molecular weight is 461 g/mol. The lowest BCUT2D eigenvalue weighted by Crippen LogP contribution is -2.53. The van der Waals surface area contributed by atoms with Crippen molar-refractivity contribution >= 4 is 23.9 Å². The van der Waals surface area contributed by atoms with Crippen molar-refractivity contribution in [3.63, 3.8) is 0 Å². The van der Waals surface area contributed by atoms with Gasteiger partial charge < -0.3 is 30.7 Å². The Kier molecular flexibility index (Phi) is 9.05. The van der Waals surface area contributed by atoms with Gasteiger partial charge in [-0.25, -0.2) is 9.59 Å². The molecule has 0 saturated carbocycles. The van der Waals surface area contributed by atoms with Gasteiger partial charge in [0.2, 0.25) is 11.8 Å². The van der Waals surface area contributed by atoms with E-state index >= 15 is 0 Å². The fourth-order valence-corrected chi connectivity index (χ4v) is 4.19. The number of carboxylic acids is 1. The van der Waals surface area contributed by atoms with Crippen LogP contribution in [0.5, 0.6) is 0 Å². The van der Waals surface area contributed by atoms with Gasteiger partial charge >= 0.3 is 12.1 Å². The predicted molar refractivity (Wildman–Crippen MR) is 119 cm³/mol. The van der Waals surface area contributed by atoms with Gasteiger partial charge in [0.1, 0.15) is 18.7 Å². The van der Waals surface area contributed by atoms with E-state index in [4.69, 9.17) is 4.74 Å². The zero-order valence-corrected chi connectivity index (χ0v) is 18.6. The zero-order valence-electron chi connectivity index (χ0n) is 18.6. The third-order valence-electron chi connectivity index (χ3n) is 5.96. The van der Waals surface area contributed by atoms with Crippen molar-refractivity contribution in [2.24, 2.45) is 0 Å². The number of hydrogen-bond donors (Lipinski definition) is 4. The van der Waals surface area contributed by atoms with E-state index in [2.05, 4.69) is 16.0 Å². The maximum Gasteiger partial charge on any atom is 0.407 e. The van der Waals surface area contributed by atoms with E-state index in [0.717, 1.165) is 24.9 Å². The number of amides is 3. The maximum absolute atomic E-state index is 12.8. The highest BCUT2D eigenvalue weighted by Gasteiger charge is 2.38. The van der Waals surface area contributed by atoms with E-state index in [1.807, 2.05) is 30.3 Å². The monoisotopic (exact) mass is 460 g/mol.